The van der Waals surface area contributed by atoms with Gasteiger partial charge in [-0.15, -0.1) is 0 Å². The molecule has 0 radical (unpaired) electrons. The van der Waals surface area contributed by atoms with Gasteiger partial charge in [0.1, 0.15) is 0 Å². The number of nitrogens with zero attached hydrogens (tertiary/aromatic N) is 1. The van der Waals surface area contributed by atoms with Gasteiger partial charge in [-0.2, -0.15) is 0 Å². The number of hydrogen-bond acceptors (Lipinski definition) is 3. The van der Waals surface area contributed by atoms with E-state index in [-0.39, 0.29) is 12.3 Å². The van der Waals surface area contributed by atoms with Gasteiger partial charge in [-0.25, -0.2) is 0 Å². The van der Waals surface area contributed by atoms with E-state index in [1.807, 2.05) is 6.07 Å². The minimum absolute atomic E-state index is 0.0749. The first-order chi connectivity index (χ1) is 6.69. The molecular formula is C9H10BrNO3. The van der Waals surface area contributed by atoms with Gasteiger partial charge in [-0.05, 0) is 5.56 Å². The molecular weight excluding hydrogens is 250 g/mol. The van der Waals surface area contributed by atoms with Crippen LogP contribution >= 0.6 is 15.9 Å². The molecule has 0 aliphatic carbocycles. The zero-order valence-corrected chi connectivity index (χ0v) is 9.03. The molecule has 0 heterocycles. The number of aliphatic hydroxyl groups is 1. The number of hydrogen-bond donors (Lipinski definition) is 1. The summed E-state index contributed by atoms with van der Waals surface area (Å²) in [5, 5.41) is 20.0. The Kier molecular flexibility index (Phi) is 4.03. The third-order valence-corrected chi connectivity index (χ3v) is 2.53. The summed E-state index contributed by atoms with van der Waals surface area (Å²) in [6.07, 6.45) is 0.318. The molecule has 4 nitrogen and oxygen atoms in total. The second-order valence-corrected chi connectivity index (χ2v) is 3.39. The Labute approximate surface area is 89.8 Å². The number of benzene rings is 1. The van der Waals surface area contributed by atoms with Crippen LogP contribution in [-0.2, 0) is 11.8 Å². The maximum atomic E-state index is 10.7. The summed E-state index contributed by atoms with van der Waals surface area (Å²) in [6, 6.07) is 5.03. The first-order valence-corrected chi connectivity index (χ1v) is 5.24. The second kappa shape index (κ2) is 5.07. The highest BCUT2D eigenvalue weighted by molar-refractivity contribution is 9.08. The van der Waals surface area contributed by atoms with Crippen LogP contribution in [0.3, 0.4) is 0 Å². The monoisotopic (exact) mass is 259 g/mol. The summed E-state index contributed by atoms with van der Waals surface area (Å²) in [5.41, 5.74) is 1.51. The van der Waals surface area contributed by atoms with Gasteiger partial charge in [0, 0.05) is 30.0 Å². The predicted molar refractivity (Wildman–Crippen MR) is 56.5 cm³/mol. The fourth-order valence-electron chi connectivity index (χ4n) is 1.19. The Balaban J connectivity index is 3.10. The molecule has 0 unspecified atom stereocenters. The van der Waals surface area contributed by atoms with Crippen molar-refractivity contribution in [1.29, 1.82) is 0 Å². The lowest BCUT2D eigenvalue weighted by atomic mass is 10.1. The SMILES string of the molecule is O=[N+]([O-])c1cc(CBr)ccc1CCO. The van der Waals surface area contributed by atoms with Crippen LogP contribution in [-0.4, -0.2) is 16.6 Å². The Morgan fingerprint density at radius 3 is 2.71 bits per heavy atom. The average molecular weight is 260 g/mol. The van der Waals surface area contributed by atoms with Gasteiger partial charge in [0.15, 0.2) is 0 Å². The molecule has 76 valence electrons. The van der Waals surface area contributed by atoms with E-state index in [0.29, 0.717) is 17.3 Å². The van der Waals surface area contributed by atoms with Crippen LogP contribution in [0.1, 0.15) is 11.1 Å². The number of aliphatic hydroxyl groups excluding tert-OH is 1. The molecule has 5 heteroatoms. The van der Waals surface area contributed by atoms with Crippen molar-refractivity contribution in [2.24, 2.45) is 0 Å². The van der Waals surface area contributed by atoms with Crippen LogP contribution in [0.5, 0.6) is 0 Å². The summed E-state index contributed by atoms with van der Waals surface area (Å²) in [7, 11) is 0. The zero-order valence-electron chi connectivity index (χ0n) is 7.44. The quantitative estimate of drug-likeness (QED) is 0.511. The van der Waals surface area contributed by atoms with Gasteiger partial charge in [0.25, 0.3) is 5.69 Å². The van der Waals surface area contributed by atoms with E-state index >= 15 is 0 Å². The fourth-order valence-corrected chi connectivity index (χ4v) is 1.54. The van der Waals surface area contributed by atoms with Crippen LogP contribution in [0, 0.1) is 10.1 Å². The van der Waals surface area contributed by atoms with Crippen LogP contribution < -0.4 is 0 Å². The van der Waals surface area contributed by atoms with Crippen molar-refractivity contribution in [3.63, 3.8) is 0 Å². The lowest BCUT2D eigenvalue weighted by molar-refractivity contribution is -0.385. The second-order valence-electron chi connectivity index (χ2n) is 2.83. The molecule has 0 aliphatic rings. The molecule has 0 saturated carbocycles. The van der Waals surface area contributed by atoms with Crippen molar-refractivity contribution in [2.75, 3.05) is 6.61 Å². The van der Waals surface area contributed by atoms with E-state index in [1.165, 1.54) is 6.07 Å². The molecule has 0 spiro atoms. The molecule has 14 heavy (non-hydrogen) atoms. The largest absolute Gasteiger partial charge is 0.396 e. The molecule has 0 atom stereocenters. The summed E-state index contributed by atoms with van der Waals surface area (Å²) in [4.78, 5) is 10.3. The minimum atomic E-state index is -0.419. The first kappa shape index (κ1) is 11.1. The average Bonchev–Trinajstić information content (AvgIpc) is 2.18. The maximum Gasteiger partial charge on any atom is 0.272 e. The minimum Gasteiger partial charge on any atom is -0.396 e. The summed E-state index contributed by atoms with van der Waals surface area (Å²) >= 11 is 3.23. The van der Waals surface area contributed by atoms with E-state index in [1.54, 1.807) is 6.07 Å². The topological polar surface area (TPSA) is 63.4 Å². The molecule has 0 fully saturated rings. The Morgan fingerprint density at radius 2 is 2.21 bits per heavy atom. The highest BCUT2D eigenvalue weighted by atomic mass is 79.9. The molecule has 0 aliphatic heterocycles. The van der Waals surface area contributed by atoms with E-state index in [4.69, 9.17) is 5.11 Å². The number of halogens is 1. The lowest BCUT2D eigenvalue weighted by Crippen LogP contribution is -1.99. The van der Waals surface area contributed by atoms with E-state index in [9.17, 15) is 10.1 Å². The van der Waals surface area contributed by atoms with Crippen LogP contribution in [0.15, 0.2) is 18.2 Å². The number of rotatable bonds is 4. The van der Waals surface area contributed by atoms with Crippen LogP contribution in [0.4, 0.5) is 5.69 Å². The van der Waals surface area contributed by atoms with Gasteiger partial charge in [0.2, 0.25) is 0 Å². The Bertz CT molecular complexity index is 341. The summed E-state index contributed by atoms with van der Waals surface area (Å²) < 4.78 is 0. The molecule has 0 amide bonds. The third kappa shape index (κ3) is 2.52. The van der Waals surface area contributed by atoms with Crippen LogP contribution in [0.2, 0.25) is 0 Å². The molecule has 0 bridgehead atoms. The predicted octanol–water partition coefficient (Wildman–Crippen LogP) is 2.02. The third-order valence-electron chi connectivity index (χ3n) is 1.88. The normalized spacial score (nSPS) is 10.1. The molecule has 1 aromatic carbocycles. The van der Waals surface area contributed by atoms with Crippen molar-refractivity contribution < 1.29 is 10.0 Å². The van der Waals surface area contributed by atoms with E-state index in [2.05, 4.69) is 15.9 Å². The van der Waals surface area contributed by atoms with Crippen molar-refractivity contribution >= 4 is 21.6 Å². The first-order valence-electron chi connectivity index (χ1n) is 4.12. The molecule has 0 saturated heterocycles. The Morgan fingerprint density at radius 1 is 1.50 bits per heavy atom. The molecule has 0 aromatic heterocycles. The van der Waals surface area contributed by atoms with Crippen LogP contribution in [0.25, 0.3) is 0 Å². The fraction of sp³-hybridized carbons (Fsp3) is 0.333. The Hall–Kier alpha value is -0.940. The standard InChI is InChI=1S/C9H10BrNO3/c10-6-7-1-2-8(3-4-12)9(5-7)11(13)14/h1-2,5,12H,3-4,6H2. The maximum absolute atomic E-state index is 10.7. The van der Waals surface area contributed by atoms with Gasteiger partial charge in [0.05, 0.1) is 4.92 Å². The van der Waals surface area contributed by atoms with Crippen molar-refractivity contribution in [2.45, 2.75) is 11.8 Å². The zero-order chi connectivity index (χ0) is 10.6. The van der Waals surface area contributed by atoms with Gasteiger partial charge in [-0.1, -0.05) is 28.1 Å². The van der Waals surface area contributed by atoms with Gasteiger partial charge >= 0.3 is 0 Å². The molecule has 1 aromatic rings. The van der Waals surface area contributed by atoms with Gasteiger partial charge in [-0.3, -0.25) is 10.1 Å². The van der Waals surface area contributed by atoms with Crippen molar-refractivity contribution in [3.8, 4) is 0 Å². The van der Waals surface area contributed by atoms with Gasteiger partial charge < -0.3 is 5.11 Å². The van der Waals surface area contributed by atoms with Crippen molar-refractivity contribution in [1.82, 2.24) is 0 Å². The summed E-state index contributed by atoms with van der Waals surface area (Å²) in [6.45, 7) is -0.0749. The molecule has 1 N–H and O–H groups in total. The number of alkyl halides is 1. The van der Waals surface area contributed by atoms with E-state index in [0.717, 1.165) is 5.56 Å². The van der Waals surface area contributed by atoms with Crippen molar-refractivity contribution in [3.05, 3.63) is 39.4 Å². The lowest BCUT2D eigenvalue weighted by Gasteiger charge is -2.02. The molecule has 1 rings (SSSR count). The highest BCUT2D eigenvalue weighted by Gasteiger charge is 2.13. The highest BCUT2D eigenvalue weighted by Crippen LogP contribution is 2.21. The van der Waals surface area contributed by atoms with E-state index < -0.39 is 4.92 Å². The summed E-state index contributed by atoms with van der Waals surface area (Å²) in [5.74, 6) is 0. The number of nitro groups is 1. The smallest absolute Gasteiger partial charge is 0.272 e. The number of nitro benzene ring substituents is 1.